The van der Waals surface area contributed by atoms with E-state index in [2.05, 4.69) is 26.7 Å². The molecule has 0 aromatic rings. The van der Waals surface area contributed by atoms with E-state index in [0.29, 0.717) is 0 Å². The molecule has 1 saturated heterocycles. The number of ether oxygens (including phenoxy) is 3. The standard InChI is InChI=1S/C10H14N2O6/c1-2-8(13)16-4-3-11-9(14)12-5-7-6-17-10(15)18-7/h2,7H,1,3-6H2,(H2,11,12,14). The van der Waals surface area contributed by atoms with Crippen molar-refractivity contribution in [3.05, 3.63) is 12.7 Å². The van der Waals surface area contributed by atoms with Crippen molar-refractivity contribution < 1.29 is 28.6 Å². The van der Waals surface area contributed by atoms with Crippen LogP contribution in [0.5, 0.6) is 0 Å². The maximum absolute atomic E-state index is 11.2. The second kappa shape index (κ2) is 7.15. The largest absolute Gasteiger partial charge is 0.508 e. The number of hydrogen-bond donors (Lipinski definition) is 2. The molecule has 1 aliphatic rings. The van der Waals surface area contributed by atoms with Crippen LogP contribution < -0.4 is 10.6 Å². The van der Waals surface area contributed by atoms with Gasteiger partial charge in [0.1, 0.15) is 13.2 Å². The van der Waals surface area contributed by atoms with Crippen LogP contribution in [0.25, 0.3) is 0 Å². The van der Waals surface area contributed by atoms with Crippen molar-refractivity contribution in [3.8, 4) is 0 Å². The summed E-state index contributed by atoms with van der Waals surface area (Å²) in [6.45, 7) is 3.73. The minimum Gasteiger partial charge on any atom is -0.461 e. The van der Waals surface area contributed by atoms with Gasteiger partial charge in [0.25, 0.3) is 0 Å². The molecule has 0 saturated carbocycles. The van der Waals surface area contributed by atoms with Crippen LogP contribution in [0.3, 0.4) is 0 Å². The fourth-order valence-corrected chi connectivity index (χ4v) is 1.11. The van der Waals surface area contributed by atoms with E-state index >= 15 is 0 Å². The molecule has 1 fully saturated rings. The average molecular weight is 258 g/mol. The molecule has 0 aromatic carbocycles. The Bertz CT molecular complexity index is 343. The van der Waals surface area contributed by atoms with Gasteiger partial charge < -0.3 is 24.8 Å². The van der Waals surface area contributed by atoms with E-state index in [-0.39, 0.29) is 26.3 Å². The summed E-state index contributed by atoms with van der Waals surface area (Å²) in [5, 5.41) is 4.93. The van der Waals surface area contributed by atoms with Crippen LogP contribution in [0.2, 0.25) is 0 Å². The Balaban J connectivity index is 2.02. The molecular formula is C10H14N2O6. The first-order chi connectivity index (χ1) is 8.61. The Labute approximate surface area is 103 Å². The summed E-state index contributed by atoms with van der Waals surface area (Å²) in [6, 6.07) is -0.451. The van der Waals surface area contributed by atoms with Gasteiger partial charge in [-0.2, -0.15) is 0 Å². The van der Waals surface area contributed by atoms with Crippen molar-refractivity contribution in [2.24, 2.45) is 0 Å². The molecule has 100 valence electrons. The maximum Gasteiger partial charge on any atom is 0.508 e. The lowest BCUT2D eigenvalue weighted by atomic mass is 10.4. The Morgan fingerprint density at radius 2 is 2.28 bits per heavy atom. The molecule has 0 aromatic heterocycles. The number of hydrogen-bond acceptors (Lipinski definition) is 6. The van der Waals surface area contributed by atoms with E-state index in [9.17, 15) is 14.4 Å². The van der Waals surface area contributed by atoms with Crippen LogP contribution in [0, 0.1) is 0 Å². The van der Waals surface area contributed by atoms with Gasteiger partial charge in [0.05, 0.1) is 13.1 Å². The second-order valence-corrected chi connectivity index (χ2v) is 3.31. The molecule has 1 atom stereocenters. The van der Waals surface area contributed by atoms with Crippen molar-refractivity contribution >= 4 is 18.2 Å². The van der Waals surface area contributed by atoms with Crippen molar-refractivity contribution in [3.63, 3.8) is 0 Å². The molecule has 1 rings (SSSR count). The lowest BCUT2D eigenvalue weighted by Gasteiger charge is -2.09. The van der Waals surface area contributed by atoms with E-state index in [0.717, 1.165) is 6.08 Å². The number of amides is 2. The van der Waals surface area contributed by atoms with E-state index in [1.165, 1.54) is 0 Å². The van der Waals surface area contributed by atoms with Gasteiger partial charge in [0, 0.05) is 6.08 Å². The predicted octanol–water partition coefficient (Wildman–Crippen LogP) is -0.450. The van der Waals surface area contributed by atoms with Crippen LogP contribution in [0.15, 0.2) is 12.7 Å². The van der Waals surface area contributed by atoms with Gasteiger partial charge in [-0.15, -0.1) is 0 Å². The number of esters is 1. The van der Waals surface area contributed by atoms with Gasteiger partial charge in [-0.25, -0.2) is 14.4 Å². The monoisotopic (exact) mass is 258 g/mol. The molecule has 8 nitrogen and oxygen atoms in total. The molecule has 1 unspecified atom stereocenters. The molecule has 0 radical (unpaired) electrons. The summed E-state index contributed by atoms with van der Waals surface area (Å²) in [6.07, 6.45) is -0.172. The zero-order chi connectivity index (χ0) is 13.4. The summed E-state index contributed by atoms with van der Waals surface area (Å²) in [5.41, 5.74) is 0. The molecule has 0 aliphatic carbocycles. The quantitative estimate of drug-likeness (QED) is 0.380. The van der Waals surface area contributed by atoms with E-state index in [1.807, 2.05) is 0 Å². The van der Waals surface area contributed by atoms with Gasteiger partial charge in [-0.3, -0.25) is 0 Å². The maximum atomic E-state index is 11.2. The molecule has 2 amide bonds. The molecule has 8 heteroatoms. The number of carbonyl (C=O) groups excluding carboxylic acids is 3. The first-order valence-corrected chi connectivity index (χ1v) is 5.26. The summed E-state index contributed by atoms with van der Waals surface area (Å²) >= 11 is 0. The molecule has 1 heterocycles. The number of urea groups is 1. The van der Waals surface area contributed by atoms with Crippen LogP contribution >= 0.6 is 0 Å². The molecule has 1 aliphatic heterocycles. The number of carbonyl (C=O) groups is 3. The highest BCUT2D eigenvalue weighted by Gasteiger charge is 2.24. The van der Waals surface area contributed by atoms with E-state index in [1.54, 1.807) is 0 Å². The number of cyclic esters (lactones) is 2. The third kappa shape index (κ3) is 5.19. The fraction of sp³-hybridized carbons (Fsp3) is 0.500. The van der Waals surface area contributed by atoms with Gasteiger partial charge in [0.2, 0.25) is 0 Å². The summed E-state index contributed by atoms with van der Waals surface area (Å²) in [7, 11) is 0. The molecule has 0 spiro atoms. The summed E-state index contributed by atoms with van der Waals surface area (Å²) in [4.78, 5) is 32.5. The first kappa shape index (κ1) is 13.8. The van der Waals surface area contributed by atoms with E-state index in [4.69, 9.17) is 4.74 Å². The van der Waals surface area contributed by atoms with E-state index < -0.39 is 24.3 Å². The van der Waals surface area contributed by atoms with Gasteiger partial charge in [0.15, 0.2) is 6.10 Å². The predicted molar refractivity (Wildman–Crippen MR) is 58.8 cm³/mol. The molecule has 18 heavy (non-hydrogen) atoms. The highest BCUT2D eigenvalue weighted by atomic mass is 16.8. The van der Waals surface area contributed by atoms with Gasteiger partial charge in [-0.05, 0) is 0 Å². The number of rotatable bonds is 6. The fourth-order valence-electron chi connectivity index (χ4n) is 1.11. The van der Waals surface area contributed by atoms with Crippen molar-refractivity contribution in [2.75, 3.05) is 26.3 Å². The van der Waals surface area contributed by atoms with Crippen LogP contribution in [-0.4, -0.2) is 50.6 Å². The van der Waals surface area contributed by atoms with Crippen LogP contribution in [0.4, 0.5) is 9.59 Å². The zero-order valence-electron chi connectivity index (χ0n) is 9.64. The lowest BCUT2D eigenvalue weighted by Crippen LogP contribution is -2.41. The molecular weight excluding hydrogens is 244 g/mol. The summed E-state index contributed by atoms with van der Waals surface area (Å²) < 4.78 is 13.9. The molecule has 2 N–H and O–H groups in total. The Kier molecular flexibility index (Phi) is 5.49. The van der Waals surface area contributed by atoms with Crippen LogP contribution in [0.1, 0.15) is 0 Å². The Hall–Kier alpha value is -2.25. The third-order valence-corrected chi connectivity index (χ3v) is 1.94. The topological polar surface area (TPSA) is 103 Å². The normalized spacial score (nSPS) is 17.3. The summed E-state index contributed by atoms with van der Waals surface area (Å²) in [5.74, 6) is -0.549. The minimum atomic E-state index is -0.737. The SMILES string of the molecule is C=CC(=O)OCCNC(=O)NCC1COC(=O)O1. The second-order valence-electron chi connectivity index (χ2n) is 3.31. The molecule has 0 bridgehead atoms. The van der Waals surface area contributed by atoms with Crippen molar-refractivity contribution in [1.82, 2.24) is 10.6 Å². The van der Waals surface area contributed by atoms with Gasteiger partial charge >= 0.3 is 18.2 Å². The number of nitrogens with one attached hydrogen (secondary N) is 2. The van der Waals surface area contributed by atoms with Crippen molar-refractivity contribution in [2.45, 2.75) is 6.10 Å². The first-order valence-electron chi connectivity index (χ1n) is 5.26. The Morgan fingerprint density at radius 1 is 1.50 bits per heavy atom. The highest BCUT2D eigenvalue weighted by molar-refractivity contribution is 5.81. The van der Waals surface area contributed by atoms with Crippen LogP contribution in [-0.2, 0) is 19.0 Å². The average Bonchev–Trinajstić information content (AvgIpc) is 2.77. The van der Waals surface area contributed by atoms with Crippen molar-refractivity contribution in [1.29, 1.82) is 0 Å². The third-order valence-electron chi connectivity index (χ3n) is 1.94. The minimum absolute atomic E-state index is 0.0554. The zero-order valence-corrected chi connectivity index (χ0v) is 9.64. The smallest absolute Gasteiger partial charge is 0.461 e. The Morgan fingerprint density at radius 3 is 2.89 bits per heavy atom. The lowest BCUT2D eigenvalue weighted by molar-refractivity contribution is -0.137. The highest BCUT2D eigenvalue weighted by Crippen LogP contribution is 2.04. The van der Waals surface area contributed by atoms with Gasteiger partial charge in [-0.1, -0.05) is 6.58 Å².